The number of hydrogen-bond acceptors (Lipinski definition) is 4. The Balaban J connectivity index is 1.32. The number of methoxy groups -OCH3 is 1. The summed E-state index contributed by atoms with van der Waals surface area (Å²) in [5.74, 6) is 3.12. The lowest BCUT2D eigenvalue weighted by molar-refractivity contribution is -0.243. The Morgan fingerprint density at radius 1 is 1.13 bits per heavy atom. The highest BCUT2D eigenvalue weighted by molar-refractivity contribution is 5.77. The standard InChI is InChI=1S/C34H44N2O3/c1-20(2)34-19-33-15-12-25-31(3,13-9-14-32(25,4)30(37)38-5)26(33)17-23(34)27-24(39-34)16-21-18-35-36(29(21)28(27)33)22-10-7-6-8-11-22/h6-8,10-11,18,20,23-28H,9,12-17,19H2,1-5H3/t23-,24+,25-,26-,27+,28+,31+,32-,33+,34?/m1/s1. The van der Waals surface area contributed by atoms with Crippen molar-refractivity contribution >= 4 is 5.97 Å². The maximum absolute atomic E-state index is 13.3. The smallest absolute Gasteiger partial charge is 0.311 e. The van der Waals surface area contributed by atoms with Gasteiger partial charge >= 0.3 is 5.97 Å². The average Bonchev–Trinajstić information content (AvgIpc) is 3.48. The van der Waals surface area contributed by atoms with Crippen molar-refractivity contribution in [3.05, 3.63) is 47.8 Å². The molecule has 1 spiro atoms. The number of carbonyl (C=O) groups is 1. The Morgan fingerprint density at radius 2 is 1.92 bits per heavy atom. The molecule has 208 valence electrons. The van der Waals surface area contributed by atoms with Crippen LogP contribution in [0, 0.1) is 45.8 Å². The molecule has 1 aromatic carbocycles. The van der Waals surface area contributed by atoms with E-state index in [2.05, 4.69) is 68.9 Å². The highest BCUT2D eigenvalue weighted by Crippen LogP contribution is 2.81. The van der Waals surface area contributed by atoms with Crippen LogP contribution in [0.5, 0.6) is 0 Å². The molecule has 5 heteroatoms. The van der Waals surface area contributed by atoms with Gasteiger partial charge in [-0.05, 0) is 104 Å². The highest BCUT2D eigenvalue weighted by atomic mass is 16.5. The fraction of sp³-hybridized carbons (Fsp3) is 0.706. The number of benzene rings is 1. The zero-order chi connectivity index (χ0) is 26.9. The summed E-state index contributed by atoms with van der Waals surface area (Å²) >= 11 is 0. The molecule has 2 aromatic rings. The van der Waals surface area contributed by atoms with Crippen molar-refractivity contribution in [3.63, 3.8) is 0 Å². The average molecular weight is 529 g/mol. The van der Waals surface area contributed by atoms with E-state index in [9.17, 15) is 4.79 Å². The lowest BCUT2D eigenvalue weighted by atomic mass is 9.31. The molecule has 1 saturated heterocycles. The number of rotatable bonds is 3. The topological polar surface area (TPSA) is 53.3 Å². The third-order valence-electron chi connectivity index (χ3n) is 13.6. The van der Waals surface area contributed by atoms with E-state index in [4.69, 9.17) is 14.6 Å². The Kier molecular flexibility index (Phi) is 4.91. The van der Waals surface area contributed by atoms with Crippen LogP contribution in [0.25, 0.3) is 5.69 Å². The molecule has 6 aliphatic carbocycles. The van der Waals surface area contributed by atoms with Crippen LogP contribution < -0.4 is 0 Å². The number of esters is 1. The first kappa shape index (κ1) is 24.6. The molecule has 0 amide bonds. The number of aromatic nitrogens is 2. The van der Waals surface area contributed by atoms with Gasteiger partial charge in [-0.2, -0.15) is 5.10 Å². The van der Waals surface area contributed by atoms with Gasteiger partial charge in [0, 0.05) is 12.3 Å². The first-order valence-corrected chi connectivity index (χ1v) is 15.6. The van der Waals surface area contributed by atoms with E-state index in [-0.39, 0.29) is 27.8 Å². The lowest BCUT2D eigenvalue weighted by Gasteiger charge is -2.72. The highest BCUT2D eigenvalue weighted by Gasteiger charge is 2.78. The molecule has 1 unspecified atom stereocenters. The van der Waals surface area contributed by atoms with E-state index in [1.54, 1.807) is 7.11 Å². The maximum atomic E-state index is 13.3. The van der Waals surface area contributed by atoms with E-state index in [1.807, 2.05) is 0 Å². The van der Waals surface area contributed by atoms with Crippen LogP contribution in [-0.4, -0.2) is 34.6 Å². The Bertz CT molecular complexity index is 1340. The fourth-order valence-corrected chi connectivity index (χ4v) is 12.3. The molecule has 5 nitrogen and oxygen atoms in total. The quantitative estimate of drug-likeness (QED) is 0.415. The molecule has 10 atom stereocenters. The van der Waals surface area contributed by atoms with E-state index in [0.29, 0.717) is 41.6 Å². The van der Waals surface area contributed by atoms with E-state index < -0.39 is 0 Å². The molecule has 9 rings (SSSR count). The van der Waals surface area contributed by atoms with Gasteiger partial charge in [0.05, 0.1) is 41.8 Å². The second-order valence-corrected chi connectivity index (χ2v) is 15.0. The minimum absolute atomic E-state index is 0.0135. The van der Waals surface area contributed by atoms with E-state index in [1.165, 1.54) is 42.6 Å². The molecule has 7 aliphatic rings. The van der Waals surface area contributed by atoms with Crippen LogP contribution in [0.3, 0.4) is 0 Å². The van der Waals surface area contributed by atoms with Crippen LogP contribution in [0.15, 0.2) is 36.5 Å². The van der Waals surface area contributed by atoms with Crippen LogP contribution in [0.4, 0.5) is 0 Å². The number of nitrogens with zero attached hydrogens (tertiary/aromatic N) is 2. The third kappa shape index (κ3) is 2.77. The summed E-state index contributed by atoms with van der Waals surface area (Å²) in [4.78, 5) is 13.3. The summed E-state index contributed by atoms with van der Waals surface area (Å²) in [5, 5.41) is 5.04. The van der Waals surface area contributed by atoms with Crippen molar-refractivity contribution < 1.29 is 14.3 Å². The maximum Gasteiger partial charge on any atom is 0.311 e. The molecule has 0 N–H and O–H groups in total. The SMILES string of the molecule is COC(=O)[C@]1(C)CCC[C@]2(C)[C@H]3C[C@@H]4[C@H]5[C@@H]6Cc7cnn(-c8ccccc8)c7[C@H]5[C@@]3(CC[C@H]21)CC4(C(C)C)O6. The summed E-state index contributed by atoms with van der Waals surface area (Å²) in [6, 6.07) is 10.8. The van der Waals surface area contributed by atoms with E-state index >= 15 is 0 Å². The number of para-hydroxylation sites is 1. The van der Waals surface area contributed by atoms with Gasteiger partial charge in [0.1, 0.15) is 0 Å². The van der Waals surface area contributed by atoms with Crippen molar-refractivity contribution in [1.29, 1.82) is 0 Å². The number of carbonyl (C=O) groups excluding carboxylic acids is 1. The van der Waals surface area contributed by atoms with Gasteiger partial charge in [-0.15, -0.1) is 0 Å². The van der Waals surface area contributed by atoms with Crippen LogP contribution in [0.2, 0.25) is 0 Å². The normalized spacial score (nSPS) is 46.9. The number of ether oxygens (including phenoxy) is 2. The van der Waals surface area contributed by atoms with Crippen molar-refractivity contribution in [2.75, 3.05) is 7.11 Å². The zero-order valence-corrected chi connectivity index (χ0v) is 24.3. The molecule has 6 fully saturated rings. The summed E-state index contributed by atoms with van der Waals surface area (Å²) < 4.78 is 15.1. The summed E-state index contributed by atoms with van der Waals surface area (Å²) in [5.41, 5.74) is 3.99. The van der Waals surface area contributed by atoms with Gasteiger partial charge in [-0.25, -0.2) is 4.68 Å². The molecule has 1 aliphatic heterocycles. The van der Waals surface area contributed by atoms with Crippen molar-refractivity contribution in [2.24, 2.45) is 45.8 Å². The number of fused-ring (bicyclic) bond motifs is 2. The van der Waals surface area contributed by atoms with Gasteiger partial charge in [0.15, 0.2) is 0 Å². The summed E-state index contributed by atoms with van der Waals surface area (Å²) in [6.45, 7) is 9.63. The van der Waals surface area contributed by atoms with Gasteiger partial charge in [0.2, 0.25) is 0 Å². The second kappa shape index (κ2) is 7.78. The predicted octanol–water partition coefficient (Wildman–Crippen LogP) is 6.73. The Labute approximate surface area is 233 Å². The lowest BCUT2D eigenvalue weighted by Crippen LogP contribution is -2.69. The molecular weight excluding hydrogens is 484 g/mol. The predicted molar refractivity (Wildman–Crippen MR) is 149 cm³/mol. The fourth-order valence-electron chi connectivity index (χ4n) is 12.3. The van der Waals surface area contributed by atoms with Crippen molar-refractivity contribution in [1.82, 2.24) is 9.78 Å². The molecule has 39 heavy (non-hydrogen) atoms. The number of hydrogen-bond donors (Lipinski definition) is 0. The second-order valence-electron chi connectivity index (χ2n) is 15.0. The van der Waals surface area contributed by atoms with Crippen molar-refractivity contribution in [2.45, 2.75) is 96.7 Å². The van der Waals surface area contributed by atoms with Gasteiger partial charge < -0.3 is 9.47 Å². The molecule has 4 bridgehead atoms. The molecule has 5 saturated carbocycles. The van der Waals surface area contributed by atoms with Gasteiger partial charge in [-0.1, -0.05) is 45.4 Å². The Hall–Kier alpha value is -2.14. The van der Waals surface area contributed by atoms with Gasteiger partial charge in [0.25, 0.3) is 0 Å². The van der Waals surface area contributed by atoms with Crippen molar-refractivity contribution in [3.8, 4) is 5.69 Å². The minimum Gasteiger partial charge on any atom is -0.469 e. The van der Waals surface area contributed by atoms with Gasteiger partial charge in [-0.3, -0.25) is 4.79 Å². The third-order valence-corrected chi connectivity index (χ3v) is 13.6. The van der Waals surface area contributed by atoms with Crippen LogP contribution in [0.1, 0.15) is 89.8 Å². The summed E-state index contributed by atoms with van der Waals surface area (Å²) in [6.07, 6.45) is 11.5. The Morgan fingerprint density at radius 3 is 2.67 bits per heavy atom. The molecule has 0 radical (unpaired) electrons. The molecular formula is C34H44N2O3. The largest absolute Gasteiger partial charge is 0.469 e. The molecule has 2 heterocycles. The minimum atomic E-state index is -0.378. The first-order valence-electron chi connectivity index (χ1n) is 15.6. The first-order chi connectivity index (χ1) is 18.7. The molecule has 1 aromatic heterocycles. The van der Waals surface area contributed by atoms with Crippen LogP contribution >= 0.6 is 0 Å². The van der Waals surface area contributed by atoms with E-state index in [0.717, 1.165) is 25.7 Å². The summed E-state index contributed by atoms with van der Waals surface area (Å²) in [7, 11) is 1.59. The van der Waals surface area contributed by atoms with Crippen LogP contribution in [-0.2, 0) is 20.7 Å². The zero-order valence-electron chi connectivity index (χ0n) is 24.3. The monoisotopic (exact) mass is 528 g/mol.